The van der Waals surface area contributed by atoms with Crippen LogP contribution in [-0.4, -0.2) is 21.9 Å². The fourth-order valence-electron chi connectivity index (χ4n) is 2.83. The maximum atomic E-state index is 12.5. The molecule has 1 aliphatic rings. The number of hydrogen-bond donors (Lipinski definition) is 1. The third-order valence-corrected chi connectivity index (χ3v) is 3.82. The minimum absolute atomic E-state index is 0.242. The molecule has 3 rings (SSSR count). The van der Waals surface area contributed by atoms with Gasteiger partial charge in [-0.25, -0.2) is 0 Å². The Morgan fingerprint density at radius 1 is 1.30 bits per heavy atom. The van der Waals surface area contributed by atoms with Gasteiger partial charge in [0.1, 0.15) is 6.54 Å². The van der Waals surface area contributed by atoms with Gasteiger partial charge in [-0.2, -0.15) is 18.3 Å². The highest BCUT2D eigenvalue weighted by molar-refractivity contribution is 5.94. The maximum Gasteiger partial charge on any atom is 0.408 e. The maximum absolute atomic E-state index is 12.5. The number of aromatic nitrogens is 2. The van der Waals surface area contributed by atoms with Gasteiger partial charge in [0.15, 0.2) is 0 Å². The van der Waals surface area contributed by atoms with Gasteiger partial charge in [-0.1, -0.05) is 18.2 Å². The normalized spacial score (nSPS) is 17.6. The van der Waals surface area contributed by atoms with Gasteiger partial charge in [-0.15, -0.1) is 0 Å². The number of nitrogens with zero attached hydrogens (tertiary/aromatic N) is 2. The third kappa shape index (κ3) is 3.72. The summed E-state index contributed by atoms with van der Waals surface area (Å²) in [7, 11) is 0. The summed E-state index contributed by atoms with van der Waals surface area (Å²) in [5.41, 5.74) is 1.85. The van der Waals surface area contributed by atoms with E-state index in [2.05, 4.69) is 10.4 Å². The molecule has 0 radical (unpaired) electrons. The number of carbonyl (C=O) groups excluding carboxylic acids is 1. The highest BCUT2D eigenvalue weighted by Gasteiger charge is 2.31. The van der Waals surface area contributed by atoms with Crippen LogP contribution in [0.4, 0.5) is 13.2 Å². The summed E-state index contributed by atoms with van der Waals surface area (Å²) in [5.74, 6) is -0.242. The monoisotopic (exact) mass is 323 g/mol. The second-order valence-corrected chi connectivity index (χ2v) is 5.64. The number of fused-ring (bicyclic) bond motifs is 1. The highest BCUT2D eigenvalue weighted by atomic mass is 19.4. The second kappa shape index (κ2) is 6.06. The molecule has 2 aromatic rings. The molecule has 122 valence electrons. The minimum Gasteiger partial charge on any atom is -0.344 e. The molecule has 0 saturated carbocycles. The van der Waals surface area contributed by atoms with Gasteiger partial charge in [-0.05, 0) is 37.0 Å². The molecule has 1 aromatic heterocycles. The predicted octanol–water partition coefficient (Wildman–Crippen LogP) is 3.25. The molecule has 4 nitrogen and oxygen atoms in total. The quantitative estimate of drug-likeness (QED) is 0.942. The van der Waals surface area contributed by atoms with Crippen LogP contribution in [0.5, 0.6) is 0 Å². The van der Waals surface area contributed by atoms with Crippen LogP contribution >= 0.6 is 0 Å². The molecule has 1 atom stereocenters. The van der Waals surface area contributed by atoms with E-state index in [1.807, 2.05) is 6.07 Å². The first-order chi connectivity index (χ1) is 10.9. The van der Waals surface area contributed by atoms with Crippen molar-refractivity contribution >= 4 is 5.91 Å². The number of carbonyl (C=O) groups is 1. The summed E-state index contributed by atoms with van der Waals surface area (Å²) in [5, 5.41) is 6.92. The zero-order valence-electron chi connectivity index (χ0n) is 12.3. The molecule has 0 unspecified atom stereocenters. The molecule has 0 saturated heterocycles. The van der Waals surface area contributed by atoms with Crippen LogP contribution in [0, 0.1) is 0 Å². The van der Waals surface area contributed by atoms with Gasteiger partial charge in [0.05, 0.1) is 11.7 Å². The zero-order valence-corrected chi connectivity index (χ0v) is 12.3. The van der Waals surface area contributed by atoms with Crippen molar-refractivity contribution in [3.63, 3.8) is 0 Å². The summed E-state index contributed by atoms with van der Waals surface area (Å²) in [6.07, 6.45) is -0.703. The number of benzene rings is 1. The van der Waals surface area contributed by atoms with Crippen LogP contribution in [0.15, 0.2) is 36.5 Å². The molecule has 1 aliphatic carbocycles. The lowest BCUT2D eigenvalue weighted by Crippen LogP contribution is -2.31. The highest BCUT2D eigenvalue weighted by Crippen LogP contribution is 2.29. The fraction of sp³-hybridized carbons (Fsp3) is 0.375. The van der Waals surface area contributed by atoms with Crippen molar-refractivity contribution in [1.29, 1.82) is 0 Å². The Hall–Kier alpha value is -2.31. The molecule has 1 amide bonds. The third-order valence-electron chi connectivity index (χ3n) is 3.82. The van der Waals surface area contributed by atoms with Crippen molar-refractivity contribution in [3.05, 3.63) is 53.3 Å². The van der Waals surface area contributed by atoms with Gasteiger partial charge in [0, 0.05) is 11.8 Å². The number of alkyl halides is 3. The number of nitrogens with one attached hydrogen (secondary N) is 1. The van der Waals surface area contributed by atoms with Crippen molar-refractivity contribution in [1.82, 2.24) is 15.1 Å². The standard InChI is InChI=1S/C16H16F3N3O/c17-16(18,19)10-22-9-12-7-4-8-13(14(12)21-22)20-15(23)11-5-2-1-3-6-11/h1-3,5-6,9,13H,4,7-8,10H2,(H,20,23)/t13-/m0/s1. The molecule has 0 bridgehead atoms. The molecule has 0 fully saturated rings. The van der Waals surface area contributed by atoms with Crippen LogP contribution in [0.25, 0.3) is 0 Å². The van der Waals surface area contributed by atoms with Gasteiger partial charge < -0.3 is 5.32 Å². The first kappa shape index (κ1) is 15.6. The average molecular weight is 323 g/mol. The Balaban J connectivity index is 1.77. The fourth-order valence-corrected chi connectivity index (χ4v) is 2.83. The number of rotatable bonds is 3. The van der Waals surface area contributed by atoms with E-state index in [0.29, 0.717) is 24.1 Å². The average Bonchev–Trinajstić information content (AvgIpc) is 2.89. The first-order valence-corrected chi connectivity index (χ1v) is 7.41. The van der Waals surface area contributed by atoms with E-state index in [-0.39, 0.29) is 11.9 Å². The lowest BCUT2D eigenvalue weighted by molar-refractivity contribution is -0.142. The molecule has 1 heterocycles. The van der Waals surface area contributed by atoms with Crippen molar-refractivity contribution in [2.45, 2.75) is 38.0 Å². The molecule has 0 aliphatic heterocycles. The van der Waals surface area contributed by atoms with E-state index < -0.39 is 12.7 Å². The predicted molar refractivity (Wildman–Crippen MR) is 77.9 cm³/mol. The Kier molecular flexibility index (Phi) is 4.11. The molecule has 0 spiro atoms. The molecule has 1 N–H and O–H groups in total. The number of aryl methyl sites for hydroxylation is 1. The lowest BCUT2D eigenvalue weighted by Gasteiger charge is -2.22. The smallest absolute Gasteiger partial charge is 0.344 e. The molecule has 23 heavy (non-hydrogen) atoms. The number of amides is 1. The van der Waals surface area contributed by atoms with E-state index in [0.717, 1.165) is 16.7 Å². The van der Waals surface area contributed by atoms with Crippen LogP contribution in [0.1, 0.15) is 40.5 Å². The van der Waals surface area contributed by atoms with E-state index in [1.54, 1.807) is 24.3 Å². The summed E-state index contributed by atoms with van der Waals surface area (Å²) in [4.78, 5) is 12.2. The number of hydrogen-bond acceptors (Lipinski definition) is 2. The number of halogens is 3. The summed E-state index contributed by atoms with van der Waals surface area (Å²) >= 11 is 0. The lowest BCUT2D eigenvalue weighted by atomic mass is 9.93. The SMILES string of the molecule is O=C(N[C@H]1CCCc2cn(CC(F)(F)F)nc21)c1ccccc1. The van der Waals surface area contributed by atoms with Gasteiger partial charge in [-0.3, -0.25) is 9.48 Å². The summed E-state index contributed by atoms with van der Waals surface area (Å²) < 4.78 is 38.4. The Bertz CT molecular complexity index is 694. The van der Waals surface area contributed by atoms with Gasteiger partial charge >= 0.3 is 6.18 Å². The molecule has 1 aromatic carbocycles. The van der Waals surface area contributed by atoms with Gasteiger partial charge in [0.25, 0.3) is 5.91 Å². The van der Waals surface area contributed by atoms with Gasteiger partial charge in [0.2, 0.25) is 0 Å². The molecular formula is C16H16F3N3O. The largest absolute Gasteiger partial charge is 0.408 e. The topological polar surface area (TPSA) is 46.9 Å². The van der Waals surface area contributed by atoms with E-state index in [9.17, 15) is 18.0 Å². The minimum atomic E-state index is -4.31. The molecule has 7 heteroatoms. The summed E-state index contributed by atoms with van der Waals surface area (Å²) in [6, 6.07) is 8.39. The Morgan fingerprint density at radius 3 is 2.74 bits per heavy atom. The van der Waals surface area contributed by atoms with Crippen LogP contribution < -0.4 is 5.32 Å². The molecular weight excluding hydrogens is 307 g/mol. The summed E-state index contributed by atoms with van der Waals surface area (Å²) in [6.45, 7) is -1.11. The van der Waals surface area contributed by atoms with Crippen LogP contribution in [-0.2, 0) is 13.0 Å². The van der Waals surface area contributed by atoms with Crippen molar-refractivity contribution in [2.24, 2.45) is 0 Å². The van der Waals surface area contributed by atoms with Crippen LogP contribution in [0.3, 0.4) is 0 Å². The van der Waals surface area contributed by atoms with E-state index >= 15 is 0 Å². The second-order valence-electron chi connectivity index (χ2n) is 5.64. The van der Waals surface area contributed by atoms with E-state index in [1.165, 1.54) is 6.20 Å². The van der Waals surface area contributed by atoms with Crippen molar-refractivity contribution < 1.29 is 18.0 Å². The zero-order chi connectivity index (χ0) is 16.4. The van der Waals surface area contributed by atoms with Crippen molar-refractivity contribution in [3.8, 4) is 0 Å². The van der Waals surface area contributed by atoms with E-state index in [4.69, 9.17) is 0 Å². The van der Waals surface area contributed by atoms with Crippen molar-refractivity contribution in [2.75, 3.05) is 0 Å². The van der Waals surface area contributed by atoms with Crippen LogP contribution in [0.2, 0.25) is 0 Å². The first-order valence-electron chi connectivity index (χ1n) is 7.41. The Morgan fingerprint density at radius 2 is 2.04 bits per heavy atom. The Labute approximate surface area is 131 Å².